The molecule has 76 valence electrons. The second-order valence-corrected chi connectivity index (χ2v) is 3.19. The zero-order chi connectivity index (χ0) is 10.0. The molecule has 0 aromatic carbocycles. The van der Waals surface area contributed by atoms with Gasteiger partial charge in [-0.25, -0.2) is 0 Å². The van der Waals surface area contributed by atoms with E-state index in [1.54, 1.807) is 0 Å². The summed E-state index contributed by atoms with van der Waals surface area (Å²) in [6.07, 6.45) is 0. The minimum absolute atomic E-state index is 0.457. The zero-order valence-electron chi connectivity index (χ0n) is 9.62. The molecule has 0 atom stereocenters. The van der Waals surface area contributed by atoms with Crippen LogP contribution in [0.4, 0.5) is 0 Å². The van der Waals surface area contributed by atoms with Gasteiger partial charge < -0.3 is 10.6 Å². The highest BCUT2D eigenvalue weighted by atomic mass is 15.1. The molecule has 2 N–H and O–H groups in total. The van der Waals surface area contributed by atoms with Crippen LogP contribution in [0.2, 0.25) is 0 Å². The van der Waals surface area contributed by atoms with Crippen LogP contribution in [0.1, 0.15) is 41.5 Å². The topological polar surface area (TPSA) is 24.1 Å². The molecule has 12 heavy (non-hydrogen) atoms. The van der Waals surface area contributed by atoms with E-state index in [2.05, 4.69) is 24.5 Å². The van der Waals surface area contributed by atoms with Crippen LogP contribution in [-0.2, 0) is 0 Å². The second-order valence-electron chi connectivity index (χ2n) is 3.19. The Balaban J connectivity index is 0. The third-order valence-corrected chi connectivity index (χ3v) is 1.46. The van der Waals surface area contributed by atoms with Gasteiger partial charge in [0.25, 0.3) is 0 Å². The van der Waals surface area contributed by atoms with E-state index in [9.17, 15) is 0 Å². The van der Waals surface area contributed by atoms with Crippen LogP contribution in [-0.4, -0.2) is 19.8 Å². The van der Waals surface area contributed by atoms with Crippen molar-refractivity contribution < 1.29 is 0 Å². The van der Waals surface area contributed by atoms with E-state index >= 15 is 0 Å². The van der Waals surface area contributed by atoms with Gasteiger partial charge in [-0.3, -0.25) is 0 Å². The number of nitrogens with one attached hydrogen (secondary N) is 2. The van der Waals surface area contributed by atoms with Crippen molar-refractivity contribution in [2.75, 3.05) is 19.8 Å². The van der Waals surface area contributed by atoms with Crippen LogP contribution in [0.5, 0.6) is 0 Å². The first-order valence-electron chi connectivity index (χ1n) is 5.12. The predicted octanol–water partition coefficient (Wildman–Crippen LogP) is 2.22. The molecule has 0 aromatic heterocycles. The van der Waals surface area contributed by atoms with Gasteiger partial charge in [0.1, 0.15) is 0 Å². The van der Waals surface area contributed by atoms with Gasteiger partial charge in [-0.05, 0) is 5.41 Å². The maximum atomic E-state index is 3.26. The largest absolute Gasteiger partial charge is 0.304 e. The summed E-state index contributed by atoms with van der Waals surface area (Å²) in [6, 6.07) is 0. The van der Waals surface area contributed by atoms with Gasteiger partial charge in [0.15, 0.2) is 0 Å². The van der Waals surface area contributed by atoms with Crippen molar-refractivity contribution in [1.82, 2.24) is 10.6 Å². The molecule has 1 aliphatic rings. The van der Waals surface area contributed by atoms with Crippen molar-refractivity contribution >= 4 is 0 Å². The normalized spacial score (nSPS) is 19.5. The molecule has 2 nitrogen and oxygen atoms in total. The van der Waals surface area contributed by atoms with Gasteiger partial charge in [-0.2, -0.15) is 0 Å². The van der Waals surface area contributed by atoms with Crippen LogP contribution in [0.15, 0.2) is 0 Å². The zero-order valence-corrected chi connectivity index (χ0v) is 9.62. The van der Waals surface area contributed by atoms with E-state index in [-0.39, 0.29) is 0 Å². The molecule has 0 amide bonds. The summed E-state index contributed by atoms with van der Waals surface area (Å²) >= 11 is 0. The maximum Gasteiger partial charge on any atom is 0.0454 e. The van der Waals surface area contributed by atoms with E-state index < -0.39 is 0 Å². The number of hydrogen-bond donors (Lipinski definition) is 2. The van der Waals surface area contributed by atoms with Gasteiger partial charge in [-0.1, -0.05) is 41.5 Å². The van der Waals surface area contributed by atoms with E-state index in [4.69, 9.17) is 0 Å². The summed E-state index contributed by atoms with van der Waals surface area (Å²) in [5, 5.41) is 6.53. The first-order chi connectivity index (χ1) is 5.71. The van der Waals surface area contributed by atoms with E-state index in [0.717, 1.165) is 19.8 Å². The molecule has 1 saturated heterocycles. The minimum atomic E-state index is 0.457. The van der Waals surface area contributed by atoms with Crippen LogP contribution in [0.25, 0.3) is 0 Å². The van der Waals surface area contributed by atoms with Gasteiger partial charge in [0, 0.05) is 19.8 Å². The highest BCUT2D eigenvalue weighted by molar-refractivity contribution is 4.77. The van der Waals surface area contributed by atoms with Crippen molar-refractivity contribution in [3.05, 3.63) is 0 Å². The summed E-state index contributed by atoms with van der Waals surface area (Å²) < 4.78 is 0. The summed E-state index contributed by atoms with van der Waals surface area (Å²) in [4.78, 5) is 0. The van der Waals surface area contributed by atoms with Crippen molar-refractivity contribution in [2.45, 2.75) is 41.5 Å². The Morgan fingerprint density at radius 3 is 1.33 bits per heavy atom. The lowest BCUT2D eigenvalue weighted by Gasteiger charge is -2.30. The Morgan fingerprint density at radius 1 is 0.833 bits per heavy atom. The molecule has 1 fully saturated rings. The standard InChI is InChI=1S/C6H14N2.2C2H6/c1-6(2)3-7-5-8-4-6;2*1-2/h7-8H,3-5H2,1-2H3;2*1-2H3. The van der Waals surface area contributed by atoms with Crippen molar-refractivity contribution in [3.8, 4) is 0 Å². The fraction of sp³-hybridized carbons (Fsp3) is 1.00. The highest BCUT2D eigenvalue weighted by Gasteiger charge is 2.19. The lowest BCUT2D eigenvalue weighted by Crippen LogP contribution is -2.48. The van der Waals surface area contributed by atoms with Gasteiger partial charge in [-0.15, -0.1) is 0 Å². The summed E-state index contributed by atoms with van der Waals surface area (Å²) in [5.41, 5.74) is 0.457. The Labute approximate surface area is 78.1 Å². The van der Waals surface area contributed by atoms with Crippen molar-refractivity contribution in [1.29, 1.82) is 0 Å². The highest BCUT2D eigenvalue weighted by Crippen LogP contribution is 2.12. The molecule has 0 bridgehead atoms. The fourth-order valence-corrected chi connectivity index (χ4v) is 0.953. The van der Waals surface area contributed by atoms with Crippen LogP contribution >= 0.6 is 0 Å². The van der Waals surface area contributed by atoms with E-state index in [1.807, 2.05) is 27.7 Å². The summed E-state index contributed by atoms with van der Waals surface area (Å²) in [7, 11) is 0. The molecule has 0 aliphatic carbocycles. The monoisotopic (exact) mass is 174 g/mol. The van der Waals surface area contributed by atoms with Gasteiger partial charge >= 0.3 is 0 Å². The molecule has 1 aliphatic heterocycles. The minimum Gasteiger partial charge on any atom is -0.304 e. The molecule has 0 unspecified atom stereocenters. The van der Waals surface area contributed by atoms with E-state index in [1.165, 1.54) is 0 Å². The number of hydrogen-bond acceptors (Lipinski definition) is 2. The van der Waals surface area contributed by atoms with Gasteiger partial charge in [0.2, 0.25) is 0 Å². The molecular weight excluding hydrogens is 148 g/mol. The Morgan fingerprint density at radius 2 is 1.17 bits per heavy atom. The smallest absolute Gasteiger partial charge is 0.0454 e. The summed E-state index contributed by atoms with van der Waals surface area (Å²) in [5.74, 6) is 0. The Hall–Kier alpha value is -0.0800. The molecule has 0 saturated carbocycles. The lowest BCUT2D eigenvalue weighted by atomic mass is 9.92. The Kier molecular flexibility index (Phi) is 10.8. The average Bonchev–Trinajstić information content (AvgIpc) is 2.11. The SMILES string of the molecule is CC.CC.CC1(C)CNCNC1. The average molecular weight is 174 g/mol. The van der Waals surface area contributed by atoms with Crippen LogP contribution in [0.3, 0.4) is 0 Å². The third-order valence-electron chi connectivity index (χ3n) is 1.46. The maximum absolute atomic E-state index is 3.26. The third kappa shape index (κ3) is 8.02. The van der Waals surface area contributed by atoms with Crippen LogP contribution < -0.4 is 10.6 Å². The molecule has 1 heterocycles. The first kappa shape index (κ1) is 14.4. The summed E-state index contributed by atoms with van der Waals surface area (Å²) in [6.45, 7) is 15.8. The molecule has 0 spiro atoms. The molecule has 2 heteroatoms. The van der Waals surface area contributed by atoms with Crippen LogP contribution in [0, 0.1) is 5.41 Å². The fourth-order valence-electron chi connectivity index (χ4n) is 0.953. The van der Waals surface area contributed by atoms with E-state index in [0.29, 0.717) is 5.41 Å². The predicted molar refractivity (Wildman–Crippen MR) is 57.3 cm³/mol. The first-order valence-corrected chi connectivity index (χ1v) is 5.12. The van der Waals surface area contributed by atoms with Gasteiger partial charge in [0.05, 0.1) is 0 Å². The Bertz CT molecular complexity index is 71.9. The number of rotatable bonds is 0. The van der Waals surface area contributed by atoms with Crippen molar-refractivity contribution in [2.24, 2.45) is 5.41 Å². The molecule has 0 radical (unpaired) electrons. The lowest BCUT2D eigenvalue weighted by molar-refractivity contribution is 0.270. The molecule has 0 aromatic rings. The van der Waals surface area contributed by atoms with Crippen molar-refractivity contribution in [3.63, 3.8) is 0 Å². The quantitative estimate of drug-likeness (QED) is 0.588. The molecule has 1 rings (SSSR count). The molecular formula is C10H26N2. The second kappa shape index (κ2) is 9.01.